The molecule has 0 heterocycles. The molecule has 0 aliphatic heterocycles. The van der Waals surface area contributed by atoms with Gasteiger partial charge in [0.15, 0.2) is 0 Å². The van der Waals surface area contributed by atoms with E-state index < -0.39 is 0 Å². The molecule has 0 spiro atoms. The smallest absolute Gasteiger partial charge is 0.0575 e. The van der Waals surface area contributed by atoms with Crippen LogP contribution in [0, 0.1) is 17.8 Å². The van der Waals surface area contributed by atoms with Gasteiger partial charge in [0, 0.05) is 6.61 Å². The Balaban J connectivity index is 1.45. The van der Waals surface area contributed by atoms with Crippen molar-refractivity contribution in [2.75, 3.05) is 6.61 Å². The van der Waals surface area contributed by atoms with Crippen LogP contribution in [-0.4, -0.2) is 12.7 Å². The van der Waals surface area contributed by atoms with Crippen molar-refractivity contribution in [3.05, 3.63) is 0 Å². The number of hydrogen-bond donors (Lipinski definition) is 0. The Morgan fingerprint density at radius 3 is 1.78 bits per heavy atom. The first-order chi connectivity index (χ1) is 11.3. The highest BCUT2D eigenvalue weighted by molar-refractivity contribution is 4.81. The molecular formula is C22H42O. The molecule has 1 heteroatoms. The summed E-state index contributed by atoms with van der Waals surface area (Å²) in [5, 5.41) is 0. The number of ether oxygens (including phenoxy) is 1. The lowest BCUT2D eigenvalue weighted by Gasteiger charge is -2.37. The van der Waals surface area contributed by atoms with Crippen LogP contribution in [0.4, 0.5) is 0 Å². The quantitative estimate of drug-likeness (QED) is 0.388. The monoisotopic (exact) mass is 322 g/mol. The van der Waals surface area contributed by atoms with Gasteiger partial charge in [-0.1, -0.05) is 65.2 Å². The van der Waals surface area contributed by atoms with Gasteiger partial charge in [-0.05, 0) is 62.7 Å². The minimum atomic E-state index is 0.592. The lowest BCUT2D eigenvalue weighted by Crippen LogP contribution is -2.28. The van der Waals surface area contributed by atoms with Gasteiger partial charge >= 0.3 is 0 Å². The molecule has 2 saturated carbocycles. The molecule has 0 aromatic carbocycles. The van der Waals surface area contributed by atoms with Crippen LogP contribution in [0.15, 0.2) is 0 Å². The fourth-order valence-corrected chi connectivity index (χ4v) is 4.79. The Morgan fingerprint density at radius 2 is 1.17 bits per heavy atom. The fraction of sp³-hybridized carbons (Fsp3) is 1.00. The highest BCUT2D eigenvalue weighted by atomic mass is 16.5. The molecule has 0 unspecified atom stereocenters. The summed E-state index contributed by atoms with van der Waals surface area (Å²) in [7, 11) is 0. The first kappa shape index (κ1) is 19.3. The fourth-order valence-electron chi connectivity index (χ4n) is 4.79. The summed E-state index contributed by atoms with van der Waals surface area (Å²) in [4.78, 5) is 0. The van der Waals surface area contributed by atoms with E-state index in [1.54, 1.807) is 0 Å². The molecule has 0 amide bonds. The summed E-state index contributed by atoms with van der Waals surface area (Å²) in [5.74, 6) is 3.07. The second-order valence-corrected chi connectivity index (χ2v) is 8.55. The minimum Gasteiger partial charge on any atom is -0.378 e. The molecule has 0 aromatic rings. The Morgan fingerprint density at radius 1 is 0.652 bits per heavy atom. The van der Waals surface area contributed by atoms with Gasteiger partial charge in [0.25, 0.3) is 0 Å². The van der Waals surface area contributed by atoms with Crippen molar-refractivity contribution >= 4 is 0 Å². The van der Waals surface area contributed by atoms with Gasteiger partial charge in [-0.25, -0.2) is 0 Å². The second-order valence-electron chi connectivity index (χ2n) is 8.55. The summed E-state index contributed by atoms with van der Waals surface area (Å²) < 4.78 is 6.16. The van der Waals surface area contributed by atoms with Gasteiger partial charge in [-0.3, -0.25) is 0 Å². The van der Waals surface area contributed by atoms with E-state index in [1.807, 2.05) is 0 Å². The number of unbranched alkanes of at least 4 members (excludes halogenated alkanes) is 6. The van der Waals surface area contributed by atoms with Gasteiger partial charge in [-0.15, -0.1) is 0 Å². The molecule has 2 aliphatic carbocycles. The molecule has 0 N–H and O–H groups in total. The standard InChI is InChI=1S/C22H42O/c1-3-4-5-6-7-8-9-18-23-22-16-14-21(15-17-22)20-12-10-19(2)11-13-20/h19-22H,3-18H2,1-2H3/t19?,20?,21-,22-. The Labute approximate surface area is 146 Å². The summed E-state index contributed by atoms with van der Waals surface area (Å²) in [6, 6.07) is 0. The molecule has 0 radical (unpaired) electrons. The molecule has 136 valence electrons. The van der Waals surface area contributed by atoms with Gasteiger partial charge in [-0.2, -0.15) is 0 Å². The summed E-state index contributed by atoms with van der Waals surface area (Å²) in [5.41, 5.74) is 0. The van der Waals surface area contributed by atoms with Gasteiger partial charge in [0.1, 0.15) is 0 Å². The molecule has 1 nitrogen and oxygen atoms in total. The molecule has 0 saturated heterocycles. The number of hydrogen-bond acceptors (Lipinski definition) is 1. The first-order valence-corrected chi connectivity index (χ1v) is 10.9. The van der Waals surface area contributed by atoms with Crippen molar-refractivity contribution in [3.8, 4) is 0 Å². The van der Waals surface area contributed by atoms with Crippen LogP contribution in [0.3, 0.4) is 0 Å². The summed E-state index contributed by atoms with van der Waals surface area (Å²) >= 11 is 0. The highest BCUT2D eigenvalue weighted by Crippen LogP contribution is 2.40. The molecule has 0 bridgehead atoms. The predicted octanol–water partition coefficient (Wildman–Crippen LogP) is 7.14. The zero-order valence-corrected chi connectivity index (χ0v) is 16.0. The highest BCUT2D eigenvalue weighted by Gasteiger charge is 2.30. The largest absolute Gasteiger partial charge is 0.378 e. The van der Waals surface area contributed by atoms with Crippen molar-refractivity contribution in [1.82, 2.24) is 0 Å². The maximum absolute atomic E-state index is 6.16. The van der Waals surface area contributed by atoms with Crippen LogP contribution in [-0.2, 0) is 4.74 Å². The van der Waals surface area contributed by atoms with Crippen molar-refractivity contribution in [3.63, 3.8) is 0 Å². The third-order valence-corrected chi connectivity index (χ3v) is 6.55. The molecule has 0 atom stereocenters. The maximum Gasteiger partial charge on any atom is 0.0575 e. The average molecular weight is 323 g/mol. The third kappa shape index (κ3) is 7.59. The Hall–Kier alpha value is -0.0400. The summed E-state index contributed by atoms with van der Waals surface area (Å²) in [6.07, 6.45) is 21.9. The van der Waals surface area contributed by atoms with Crippen LogP contribution < -0.4 is 0 Å². The van der Waals surface area contributed by atoms with E-state index in [0.717, 1.165) is 24.4 Å². The molecule has 2 aliphatic rings. The first-order valence-electron chi connectivity index (χ1n) is 10.9. The zero-order chi connectivity index (χ0) is 16.3. The predicted molar refractivity (Wildman–Crippen MR) is 101 cm³/mol. The molecule has 23 heavy (non-hydrogen) atoms. The third-order valence-electron chi connectivity index (χ3n) is 6.55. The van der Waals surface area contributed by atoms with Crippen molar-refractivity contribution < 1.29 is 4.74 Å². The van der Waals surface area contributed by atoms with E-state index in [4.69, 9.17) is 4.74 Å². The SMILES string of the molecule is CCCCCCCCCO[C@H]1CC[C@H](C2CCC(C)CC2)CC1. The van der Waals surface area contributed by atoms with E-state index in [0.29, 0.717) is 6.10 Å². The van der Waals surface area contributed by atoms with Crippen LogP contribution in [0.1, 0.15) is 110 Å². The van der Waals surface area contributed by atoms with Crippen molar-refractivity contribution in [2.45, 2.75) is 116 Å². The van der Waals surface area contributed by atoms with Crippen LogP contribution in [0.25, 0.3) is 0 Å². The normalized spacial score (nSPS) is 32.1. The molecule has 2 fully saturated rings. The molecule has 0 aromatic heterocycles. The lowest BCUT2D eigenvalue weighted by atomic mass is 9.71. The summed E-state index contributed by atoms with van der Waals surface area (Å²) in [6.45, 7) is 5.74. The number of rotatable bonds is 10. The topological polar surface area (TPSA) is 9.23 Å². The molecular weight excluding hydrogens is 280 g/mol. The minimum absolute atomic E-state index is 0.592. The average Bonchev–Trinajstić information content (AvgIpc) is 2.59. The van der Waals surface area contributed by atoms with Gasteiger partial charge in [0.2, 0.25) is 0 Å². The van der Waals surface area contributed by atoms with Crippen LogP contribution >= 0.6 is 0 Å². The van der Waals surface area contributed by atoms with Gasteiger partial charge < -0.3 is 4.74 Å². The second kappa shape index (κ2) is 11.5. The molecule has 2 rings (SSSR count). The van der Waals surface area contributed by atoms with E-state index in [2.05, 4.69) is 13.8 Å². The Bertz CT molecular complexity index is 272. The maximum atomic E-state index is 6.16. The van der Waals surface area contributed by atoms with Gasteiger partial charge in [0.05, 0.1) is 6.10 Å². The van der Waals surface area contributed by atoms with E-state index in [1.165, 1.54) is 96.3 Å². The van der Waals surface area contributed by atoms with E-state index >= 15 is 0 Å². The van der Waals surface area contributed by atoms with Crippen LogP contribution in [0.5, 0.6) is 0 Å². The van der Waals surface area contributed by atoms with Crippen LogP contribution in [0.2, 0.25) is 0 Å². The lowest BCUT2D eigenvalue weighted by molar-refractivity contribution is 0.00563. The Kier molecular flexibility index (Phi) is 9.65. The zero-order valence-electron chi connectivity index (χ0n) is 16.0. The van der Waals surface area contributed by atoms with E-state index in [-0.39, 0.29) is 0 Å². The van der Waals surface area contributed by atoms with Crippen molar-refractivity contribution in [2.24, 2.45) is 17.8 Å². The van der Waals surface area contributed by atoms with E-state index in [9.17, 15) is 0 Å². The van der Waals surface area contributed by atoms with Crippen molar-refractivity contribution in [1.29, 1.82) is 0 Å².